The van der Waals surface area contributed by atoms with Crippen molar-refractivity contribution >= 4 is 46.9 Å². The molecule has 0 saturated carbocycles. The van der Waals surface area contributed by atoms with Crippen LogP contribution in [0, 0.1) is 11.8 Å². The molecule has 0 spiro atoms. The van der Waals surface area contributed by atoms with Crippen LogP contribution in [0.2, 0.25) is 5.02 Å². The first-order valence-corrected chi connectivity index (χ1v) is 11.3. The van der Waals surface area contributed by atoms with Crippen molar-refractivity contribution in [3.05, 3.63) is 95.0 Å². The Balaban J connectivity index is 1.45. The smallest absolute Gasteiger partial charge is 0.249 e. The zero-order valence-electron chi connectivity index (χ0n) is 17.8. The number of imide groups is 1. The fourth-order valence-corrected chi connectivity index (χ4v) is 5.38. The molecule has 3 aromatic carbocycles. The van der Waals surface area contributed by atoms with Gasteiger partial charge in [0.05, 0.1) is 29.8 Å². The maximum Gasteiger partial charge on any atom is 0.249 e. The topological polar surface area (TPSA) is 82.1 Å². The first-order valence-electron chi connectivity index (χ1n) is 10.9. The number of hydrazone groups is 1. The number of benzene rings is 3. The summed E-state index contributed by atoms with van der Waals surface area (Å²) in [5, 5.41) is 9.58. The van der Waals surface area contributed by atoms with E-state index in [0.717, 1.165) is 11.1 Å². The van der Waals surface area contributed by atoms with Crippen LogP contribution in [0.25, 0.3) is 0 Å². The summed E-state index contributed by atoms with van der Waals surface area (Å²) in [5.41, 5.74) is 2.80. The highest BCUT2D eigenvalue weighted by Gasteiger charge is 2.65. The highest BCUT2D eigenvalue weighted by Crippen LogP contribution is 2.52. The fourth-order valence-electron chi connectivity index (χ4n) is 5.25. The van der Waals surface area contributed by atoms with E-state index < -0.39 is 29.8 Å². The predicted molar refractivity (Wildman–Crippen MR) is 128 cm³/mol. The van der Waals surface area contributed by atoms with Gasteiger partial charge >= 0.3 is 0 Å². The molecule has 3 amide bonds. The number of para-hydroxylation sites is 1. The largest absolute Gasteiger partial charge is 0.324 e. The number of halogens is 1. The number of anilines is 2. The van der Waals surface area contributed by atoms with Crippen LogP contribution in [-0.4, -0.2) is 35.0 Å². The van der Waals surface area contributed by atoms with Crippen molar-refractivity contribution in [1.29, 1.82) is 0 Å². The molecule has 2 fully saturated rings. The van der Waals surface area contributed by atoms with Gasteiger partial charge in [-0.3, -0.25) is 19.4 Å². The molecule has 3 aliphatic heterocycles. The molecule has 2 saturated heterocycles. The molecule has 3 aromatic rings. The fraction of sp³-hybridized carbons (Fsp3) is 0.154. The maximum atomic E-state index is 13.7. The second-order valence-electron chi connectivity index (χ2n) is 8.54. The third kappa shape index (κ3) is 3.04. The Morgan fingerprint density at radius 3 is 2.29 bits per heavy atom. The molecule has 168 valence electrons. The zero-order valence-corrected chi connectivity index (χ0v) is 18.6. The molecule has 4 atom stereocenters. The van der Waals surface area contributed by atoms with E-state index in [9.17, 15) is 14.4 Å². The van der Waals surface area contributed by atoms with Crippen molar-refractivity contribution < 1.29 is 14.4 Å². The number of carbonyl (C=O) groups excluding carboxylic acids is 3. The highest BCUT2D eigenvalue weighted by molar-refractivity contribution is 6.31. The van der Waals surface area contributed by atoms with Gasteiger partial charge < -0.3 is 5.32 Å². The number of rotatable bonds is 3. The maximum absolute atomic E-state index is 13.7. The zero-order chi connectivity index (χ0) is 23.4. The lowest BCUT2D eigenvalue weighted by molar-refractivity contribution is -0.129. The molecule has 0 aromatic heterocycles. The molecule has 8 heteroatoms. The highest BCUT2D eigenvalue weighted by atomic mass is 35.5. The second kappa shape index (κ2) is 7.81. The minimum atomic E-state index is -0.937. The van der Waals surface area contributed by atoms with E-state index in [0.29, 0.717) is 16.4 Å². The molecule has 0 unspecified atom stereocenters. The first-order chi connectivity index (χ1) is 16.5. The van der Waals surface area contributed by atoms with Crippen LogP contribution in [0.1, 0.15) is 17.2 Å². The summed E-state index contributed by atoms with van der Waals surface area (Å²) in [6.07, 6.45) is 1.68. The lowest BCUT2D eigenvalue weighted by atomic mass is 9.85. The minimum Gasteiger partial charge on any atom is -0.324 e. The van der Waals surface area contributed by atoms with Crippen molar-refractivity contribution in [3.63, 3.8) is 0 Å². The Bertz CT molecular complexity index is 1340. The van der Waals surface area contributed by atoms with Gasteiger partial charge in [-0.1, -0.05) is 54.1 Å². The number of nitrogens with one attached hydrogen (secondary N) is 1. The van der Waals surface area contributed by atoms with E-state index in [2.05, 4.69) is 10.4 Å². The molecule has 6 rings (SSSR count). The van der Waals surface area contributed by atoms with Crippen molar-refractivity contribution in [2.24, 2.45) is 16.9 Å². The number of fused-ring (bicyclic) bond motifs is 5. The Kier molecular flexibility index (Phi) is 4.74. The molecule has 1 N–H and O–H groups in total. The van der Waals surface area contributed by atoms with Gasteiger partial charge in [0.1, 0.15) is 6.04 Å². The van der Waals surface area contributed by atoms with Crippen LogP contribution >= 0.6 is 11.6 Å². The monoisotopic (exact) mass is 470 g/mol. The van der Waals surface area contributed by atoms with Gasteiger partial charge in [0.25, 0.3) is 0 Å². The lowest BCUT2D eigenvalue weighted by Gasteiger charge is -2.33. The summed E-state index contributed by atoms with van der Waals surface area (Å²) in [4.78, 5) is 42.2. The molecule has 3 aliphatic rings. The third-order valence-electron chi connectivity index (χ3n) is 6.69. The number of hydrogen-bond donors (Lipinski definition) is 1. The minimum absolute atomic E-state index is 0.339. The van der Waals surface area contributed by atoms with Crippen LogP contribution in [0.3, 0.4) is 0 Å². The van der Waals surface area contributed by atoms with E-state index >= 15 is 0 Å². The van der Waals surface area contributed by atoms with Crippen molar-refractivity contribution in [2.45, 2.75) is 12.1 Å². The molecule has 0 aliphatic carbocycles. The van der Waals surface area contributed by atoms with E-state index in [1.807, 2.05) is 42.5 Å². The number of hydrogen-bond acceptors (Lipinski definition) is 5. The Morgan fingerprint density at radius 2 is 1.53 bits per heavy atom. The molecular weight excluding hydrogens is 452 g/mol. The van der Waals surface area contributed by atoms with Crippen LogP contribution in [0.15, 0.2) is 84.0 Å². The molecular formula is C26H19ClN4O3. The van der Waals surface area contributed by atoms with Gasteiger partial charge in [0, 0.05) is 10.7 Å². The van der Waals surface area contributed by atoms with Gasteiger partial charge in [-0.25, -0.2) is 4.90 Å². The van der Waals surface area contributed by atoms with Crippen LogP contribution < -0.4 is 10.2 Å². The number of carbonyl (C=O) groups is 3. The molecule has 7 nitrogen and oxygen atoms in total. The van der Waals surface area contributed by atoms with E-state index in [-0.39, 0.29) is 11.8 Å². The quantitative estimate of drug-likeness (QED) is 0.589. The van der Waals surface area contributed by atoms with Crippen LogP contribution in [0.5, 0.6) is 0 Å². The summed E-state index contributed by atoms with van der Waals surface area (Å²) >= 11 is 6.01. The van der Waals surface area contributed by atoms with Crippen molar-refractivity contribution in [1.82, 2.24) is 5.01 Å². The standard InChI is InChI=1S/C26H19ClN4O3/c27-16-10-12-18(13-11-16)30-25(33)20-21(26(30)34)23(24(32)29-17-7-2-1-3-8-17)31-22(20)19-9-5-4-6-15(19)14-28-31/h1-14,20-23H,(H,29,32)/t20-,21+,22+,23-/m0/s1. The average Bonchev–Trinajstić information content (AvgIpc) is 3.33. The first kappa shape index (κ1) is 20.6. The van der Waals surface area contributed by atoms with Crippen LogP contribution in [0.4, 0.5) is 11.4 Å². The molecule has 34 heavy (non-hydrogen) atoms. The van der Waals surface area contributed by atoms with Gasteiger partial charge in [-0.05, 0) is 47.5 Å². The van der Waals surface area contributed by atoms with Crippen molar-refractivity contribution in [2.75, 3.05) is 10.2 Å². The summed E-state index contributed by atoms with van der Waals surface area (Å²) in [6.45, 7) is 0. The number of amides is 3. The normalized spacial score (nSPS) is 24.6. The molecule has 0 bridgehead atoms. The van der Waals surface area contributed by atoms with Gasteiger partial charge in [-0.2, -0.15) is 5.10 Å². The SMILES string of the molecule is O=C(Nc1ccccc1)[C@@H]1[C@@H]2C(=O)N(c3ccc(Cl)cc3)C(=O)[C@@H]2[C@H]2c3ccccc3C=NN12. The average molecular weight is 471 g/mol. The third-order valence-corrected chi connectivity index (χ3v) is 6.94. The van der Waals surface area contributed by atoms with Crippen molar-refractivity contribution in [3.8, 4) is 0 Å². The van der Waals surface area contributed by atoms with Gasteiger partial charge in [0.15, 0.2) is 0 Å². The number of nitrogens with zero attached hydrogens (tertiary/aromatic N) is 3. The van der Waals surface area contributed by atoms with E-state index in [1.54, 1.807) is 47.6 Å². The van der Waals surface area contributed by atoms with Crippen LogP contribution in [-0.2, 0) is 14.4 Å². The summed E-state index contributed by atoms with van der Waals surface area (Å²) in [7, 11) is 0. The Labute approximate surface area is 200 Å². The van der Waals surface area contributed by atoms with Gasteiger partial charge in [-0.15, -0.1) is 0 Å². The lowest BCUT2D eigenvalue weighted by Crippen LogP contribution is -2.46. The molecule has 3 heterocycles. The Morgan fingerprint density at radius 1 is 0.853 bits per heavy atom. The second-order valence-corrected chi connectivity index (χ2v) is 8.97. The Hall–Kier alpha value is -3.97. The van der Waals surface area contributed by atoms with Gasteiger partial charge in [0.2, 0.25) is 17.7 Å². The van der Waals surface area contributed by atoms with E-state index in [4.69, 9.17) is 11.6 Å². The summed E-state index contributed by atoms with van der Waals surface area (Å²) in [5.74, 6) is -2.74. The predicted octanol–water partition coefficient (Wildman–Crippen LogP) is 3.86. The molecule has 0 radical (unpaired) electrons. The summed E-state index contributed by atoms with van der Waals surface area (Å²) < 4.78 is 0. The van der Waals surface area contributed by atoms with E-state index in [1.165, 1.54) is 4.90 Å². The summed E-state index contributed by atoms with van der Waals surface area (Å²) in [6, 6.07) is 21.8.